The fourth-order valence-electron chi connectivity index (χ4n) is 3.09. The minimum Gasteiger partial charge on any atom is -0.338 e. The molecule has 0 aromatic heterocycles. The standard InChI is InChI=1S/C21H24BrN3O2S/c1-15-4-3-5-18(12-15)23-21(27)25-10-8-24(9-11-25)20(26)14-28-19-7-6-17(22)13-16(19)2/h3-7,12-13H,8-11,14H2,1-2H3,(H,23,27). The molecule has 0 unspecified atom stereocenters. The number of thioether (sulfide) groups is 1. The second kappa shape index (κ2) is 9.47. The van der Waals surface area contributed by atoms with Gasteiger partial charge in [0, 0.05) is 41.2 Å². The Hall–Kier alpha value is -1.99. The zero-order valence-electron chi connectivity index (χ0n) is 16.1. The molecular formula is C21H24BrN3O2S. The van der Waals surface area contributed by atoms with Gasteiger partial charge in [-0.3, -0.25) is 4.79 Å². The molecule has 28 heavy (non-hydrogen) atoms. The summed E-state index contributed by atoms with van der Waals surface area (Å²) in [5, 5.41) is 2.93. The highest BCUT2D eigenvalue weighted by Crippen LogP contribution is 2.25. The van der Waals surface area contributed by atoms with Crippen LogP contribution in [0.3, 0.4) is 0 Å². The second-order valence-corrected chi connectivity index (χ2v) is 8.80. The smallest absolute Gasteiger partial charge is 0.321 e. The highest BCUT2D eigenvalue weighted by Gasteiger charge is 2.24. The third kappa shape index (κ3) is 5.52. The number of urea groups is 1. The van der Waals surface area contributed by atoms with Crippen LogP contribution < -0.4 is 5.32 Å². The summed E-state index contributed by atoms with van der Waals surface area (Å²) < 4.78 is 1.04. The van der Waals surface area contributed by atoms with Crippen LogP contribution in [0.5, 0.6) is 0 Å². The summed E-state index contributed by atoms with van der Waals surface area (Å²) in [5.74, 6) is 0.531. The zero-order valence-corrected chi connectivity index (χ0v) is 18.5. The van der Waals surface area contributed by atoms with Crippen LogP contribution in [0.25, 0.3) is 0 Å². The number of benzene rings is 2. The molecule has 0 saturated carbocycles. The topological polar surface area (TPSA) is 52.7 Å². The number of carbonyl (C=O) groups is 2. The second-order valence-electron chi connectivity index (χ2n) is 6.87. The van der Waals surface area contributed by atoms with Gasteiger partial charge in [-0.25, -0.2) is 4.79 Å². The van der Waals surface area contributed by atoms with Gasteiger partial charge in [-0.05, 0) is 55.3 Å². The first-order valence-corrected chi connectivity index (χ1v) is 11.0. The molecular weight excluding hydrogens is 438 g/mol. The molecule has 1 fully saturated rings. The third-order valence-corrected chi connectivity index (χ3v) is 6.33. The van der Waals surface area contributed by atoms with Crippen LogP contribution in [-0.4, -0.2) is 53.7 Å². The summed E-state index contributed by atoms with van der Waals surface area (Å²) in [6, 6.07) is 13.7. The number of hydrogen-bond acceptors (Lipinski definition) is 3. The monoisotopic (exact) mass is 461 g/mol. The number of rotatable bonds is 4. The lowest BCUT2D eigenvalue weighted by Gasteiger charge is -2.34. The van der Waals surface area contributed by atoms with Gasteiger partial charge in [-0.2, -0.15) is 0 Å². The van der Waals surface area contributed by atoms with E-state index < -0.39 is 0 Å². The Balaban J connectivity index is 1.46. The molecule has 1 saturated heterocycles. The van der Waals surface area contributed by atoms with Gasteiger partial charge in [0.15, 0.2) is 0 Å². The molecule has 1 aliphatic heterocycles. The average molecular weight is 462 g/mol. The lowest BCUT2D eigenvalue weighted by molar-refractivity contribution is -0.129. The summed E-state index contributed by atoms with van der Waals surface area (Å²) >= 11 is 5.02. The molecule has 2 aromatic rings. The number of hydrogen-bond donors (Lipinski definition) is 1. The average Bonchev–Trinajstić information content (AvgIpc) is 2.67. The molecule has 1 heterocycles. The van der Waals surface area contributed by atoms with E-state index in [0.29, 0.717) is 31.9 Å². The molecule has 1 N–H and O–H groups in total. The predicted octanol–water partition coefficient (Wildman–Crippen LogP) is 4.53. The van der Waals surface area contributed by atoms with Crippen molar-refractivity contribution in [3.63, 3.8) is 0 Å². The SMILES string of the molecule is Cc1cccc(NC(=O)N2CCN(C(=O)CSc3ccc(Br)cc3C)CC2)c1. The minimum absolute atomic E-state index is 0.113. The van der Waals surface area contributed by atoms with Crippen LogP contribution in [0.2, 0.25) is 0 Å². The Labute approximate surface area is 178 Å². The van der Waals surface area contributed by atoms with Gasteiger partial charge in [-0.1, -0.05) is 28.1 Å². The molecule has 0 radical (unpaired) electrons. The number of aryl methyl sites for hydroxylation is 2. The van der Waals surface area contributed by atoms with Gasteiger partial charge in [0.05, 0.1) is 5.75 Å². The van der Waals surface area contributed by atoms with Crippen LogP contribution in [0.15, 0.2) is 51.8 Å². The summed E-state index contributed by atoms with van der Waals surface area (Å²) in [4.78, 5) is 29.7. The number of piperazine rings is 1. The Kier molecular flexibility index (Phi) is 7.02. The summed E-state index contributed by atoms with van der Waals surface area (Å²) in [6.07, 6.45) is 0. The largest absolute Gasteiger partial charge is 0.338 e. The molecule has 3 rings (SSSR count). The van der Waals surface area contributed by atoms with Gasteiger partial charge in [0.25, 0.3) is 0 Å². The molecule has 148 valence electrons. The molecule has 0 spiro atoms. The fourth-order valence-corrected chi connectivity index (χ4v) is 4.48. The van der Waals surface area contributed by atoms with E-state index in [9.17, 15) is 9.59 Å². The van der Waals surface area contributed by atoms with E-state index in [1.54, 1.807) is 16.7 Å². The first-order chi connectivity index (χ1) is 13.4. The number of nitrogens with zero attached hydrogens (tertiary/aromatic N) is 2. The Morgan fingerprint density at radius 2 is 1.75 bits per heavy atom. The van der Waals surface area contributed by atoms with E-state index in [1.165, 1.54) is 0 Å². The number of carbonyl (C=O) groups excluding carboxylic acids is 2. The van der Waals surface area contributed by atoms with Crippen LogP contribution in [0.1, 0.15) is 11.1 Å². The Morgan fingerprint density at radius 3 is 2.43 bits per heavy atom. The summed E-state index contributed by atoms with van der Waals surface area (Å²) in [7, 11) is 0. The van der Waals surface area contributed by atoms with Crippen LogP contribution >= 0.6 is 27.7 Å². The van der Waals surface area contributed by atoms with Crippen molar-refractivity contribution in [3.05, 3.63) is 58.1 Å². The maximum absolute atomic E-state index is 12.5. The molecule has 0 atom stereocenters. The maximum Gasteiger partial charge on any atom is 0.321 e. The van der Waals surface area contributed by atoms with Crippen molar-refractivity contribution in [2.24, 2.45) is 0 Å². The van der Waals surface area contributed by atoms with Crippen LogP contribution in [-0.2, 0) is 4.79 Å². The van der Waals surface area contributed by atoms with Crippen molar-refractivity contribution in [1.82, 2.24) is 9.80 Å². The van der Waals surface area contributed by atoms with Crippen molar-refractivity contribution in [3.8, 4) is 0 Å². The van der Waals surface area contributed by atoms with Gasteiger partial charge in [0.1, 0.15) is 0 Å². The molecule has 5 nitrogen and oxygen atoms in total. The summed E-state index contributed by atoms with van der Waals surface area (Å²) in [6.45, 7) is 6.27. The van der Waals surface area contributed by atoms with Crippen molar-refractivity contribution >= 4 is 45.3 Å². The highest BCUT2D eigenvalue weighted by molar-refractivity contribution is 9.10. The molecule has 0 aliphatic carbocycles. The lowest BCUT2D eigenvalue weighted by atomic mass is 10.2. The van der Waals surface area contributed by atoms with Crippen LogP contribution in [0, 0.1) is 13.8 Å². The fraction of sp³-hybridized carbons (Fsp3) is 0.333. The van der Waals surface area contributed by atoms with Crippen molar-refractivity contribution in [1.29, 1.82) is 0 Å². The quantitative estimate of drug-likeness (QED) is 0.680. The van der Waals surface area contributed by atoms with Crippen LogP contribution in [0.4, 0.5) is 10.5 Å². The van der Waals surface area contributed by atoms with Gasteiger partial charge in [-0.15, -0.1) is 11.8 Å². The first kappa shape index (κ1) is 20.7. The van der Waals surface area contributed by atoms with Crippen molar-refractivity contribution in [2.45, 2.75) is 18.7 Å². The van der Waals surface area contributed by atoms with E-state index in [4.69, 9.17) is 0 Å². The molecule has 1 aliphatic rings. The molecule has 3 amide bonds. The van der Waals surface area contributed by atoms with Gasteiger partial charge in [0.2, 0.25) is 5.91 Å². The maximum atomic E-state index is 12.5. The zero-order chi connectivity index (χ0) is 20.1. The van der Waals surface area contributed by atoms with E-state index in [-0.39, 0.29) is 11.9 Å². The first-order valence-electron chi connectivity index (χ1n) is 9.22. The number of nitrogens with one attached hydrogen (secondary N) is 1. The normalized spacial score (nSPS) is 14.1. The highest BCUT2D eigenvalue weighted by atomic mass is 79.9. The number of anilines is 1. The van der Waals surface area contributed by atoms with Crippen molar-refractivity contribution < 1.29 is 9.59 Å². The third-order valence-electron chi connectivity index (χ3n) is 4.68. The Bertz CT molecular complexity index is 866. The van der Waals surface area contributed by atoms with E-state index in [2.05, 4.69) is 27.3 Å². The molecule has 7 heteroatoms. The van der Waals surface area contributed by atoms with E-state index in [1.807, 2.05) is 55.1 Å². The van der Waals surface area contributed by atoms with Gasteiger partial charge >= 0.3 is 6.03 Å². The van der Waals surface area contributed by atoms with Gasteiger partial charge < -0.3 is 15.1 Å². The summed E-state index contributed by atoms with van der Waals surface area (Å²) in [5.41, 5.74) is 3.06. The lowest BCUT2D eigenvalue weighted by Crippen LogP contribution is -2.52. The number of halogens is 1. The molecule has 0 bridgehead atoms. The van der Waals surface area contributed by atoms with E-state index >= 15 is 0 Å². The Morgan fingerprint density at radius 1 is 1.04 bits per heavy atom. The minimum atomic E-state index is -0.113. The predicted molar refractivity (Wildman–Crippen MR) is 118 cm³/mol. The van der Waals surface area contributed by atoms with E-state index in [0.717, 1.165) is 26.2 Å². The molecule has 2 aromatic carbocycles. The number of amides is 3. The van der Waals surface area contributed by atoms with Crippen molar-refractivity contribution in [2.75, 3.05) is 37.2 Å².